The van der Waals surface area contributed by atoms with Gasteiger partial charge < -0.3 is 15.7 Å². The Morgan fingerprint density at radius 2 is 2.00 bits per heavy atom. The Morgan fingerprint density at radius 3 is 2.31 bits per heavy atom. The fourth-order valence-corrected chi connectivity index (χ4v) is 1.35. The summed E-state index contributed by atoms with van der Waals surface area (Å²) in [5, 5.41) is 9.25. The summed E-state index contributed by atoms with van der Waals surface area (Å²) in [6.07, 6.45) is -0.256. The summed E-state index contributed by atoms with van der Waals surface area (Å²) in [5.41, 5.74) is 5.79. The molecule has 3 heteroatoms. The van der Waals surface area contributed by atoms with Gasteiger partial charge in [-0.1, -0.05) is 20.8 Å². The van der Waals surface area contributed by atoms with Crippen molar-refractivity contribution in [3.8, 4) is 0 Å². The van der Waals surface area contributed by atoms with Crippen molar-refractivity contribution in [3.63, 3.8) is 0 Å². The molecule has 0 amide bonds. The smallest absolute Gasteiger partial charge is 0.0639 e. The molecule has 1 atom stereocenters. The van der Waals surface area contributed by atoms with Gasteiger partial charge in [0.1, 0.15) is 0 Å². The van der Waals surface area contributed by atoms with Crippen LogP contribution in [0, 0.1) is 5.41 Å². The van der Waals surface area contributed by atoms with E-state index in [1.54, 1.807) is 0 Å². The van der Waals surface area contributed by atoms with E-state index in [-0.39, 0.29) is 11.5 Å². The Morgan fingerprint density at radius 1 is 1.46 bits per heavy atom. The summed E-state index contributed by atoms with van der Waals surface area (Å²) in [6.45, 7) is 11.6. The predicted octanol–water partition coefficient (Wildman–Crippen LogP) is 0.674. The lowest BCUT2D eigenvalue weighted by atomic mass is 9.93. The van der Waals surface area contributed by atoms with Crippen molar-refractivity contribution in [1.82, 2.24) is 4.90 Å². The molecule has 0 saturated heterocycles. The van der Waals surface area contributed by atoms with Gasteiger partial charge in [-0.25, -0.2) is 0 Å². The minimum absolute atomic E-state index is 0.144. The van der Waals surface area contributed by atoms with Gasteiger partial charge >= 0.3 is 0 Å². The van der Waals surface area contributed by atoms with Crippen LogP contribution in [0.25, 0.3) is 0 Å². The number of aliphatic hydroxyl groups excluding tert-OH is 1. The summed E-state index contributed by atoms with van der Waals surface area (Å²) in [4.78, 5) is 2.23. The number of likely N-dealkylation sites (N-methyl/N-ethyl adjacent to an activating group) is 1. The number of nitrogens with two attached hydrogens (primary N) is 1. The number of rotatable bonds is 6. The van der Waals surface area contributed by atoms with Gasteiger partial charge in [-0.05, 0) is 25.4 Å². The van der Waals surface area contributed by atoms with E-state index in [9.17, 15) is 5.11 Å². The lowest BCUT2D eigenvalue weighted by Gasteiger charge is -2.31. The normalized spacial score (nSPS) is 15.0. The second-order valence-corrected chi connectivity index (χ2v) is 4.55. The van der Waals surface area contributed by atoms with Crippen molar-refractivity contribution in [2.45, 2.75) is 33.8 Å². The third-order valence-electron chi connectivity index (χ3n) is 2.17. The van der Waals surface area contributed by atoms with Crippen LogP contribution in [-0.2, 0) is 0 Å². The fourth-order valence-electron chi connectivity index (χ4n) is 1.35. The zero-order valence-electron chi connectivity index (χ0n) is 9.38. The topological polar surface area (TPSA) is 49.5 Å². The van der Waals surface area contributed by atoms with Crippen LogP contribution in [0.15, 0.2) is 0 Å². The maximum Gasteiger partial charge on any atom is 0.0639 e. The molecule has 0 radical (unpaired) electrons. The molecule has 0 aromatic rings. The van der Waals surface area contributed by atoms with Gasteiger partial charge in [0.05, 0.1) is 6.10 Å². The minimum atomic E-state index is -0.256. The molecule has 0 saturated carbocycles. The van der Waals surface area contributed by atoms with Gasteiger partial charge in [-0.2, -0.15) is 0 Å². The van der Waals surface area contributed by atoms with Crippen LogP contribution >= 0.6 is 0 Å². The van der Waals surface area contributed by atoms with Crippen LogP contribution < -0.4 is 5.73 Å². The van der Waals surface area contributed by atoms with Crippen molar-refractivity contribution in [1.29, 1.82) is 0 Å². The van der Waals surface area contributed by atoms with Crippen molar-refractivity contribution in [2.75, 3.05) is 26.2 Å². The molecule has 0 unspecified atom stereocenters. The molecule has 0 spiro atoms. The van der Waals surface area contributed by atoms with Gasteiger partial charge in [-0.15, -0.1) is 0 Å². The first-order valence-electron chi connectivity index (χ1n) is 5.01. The molecular formula is C10H24N2O. The molecule has 3 N–H and O–H groups in total. The van der Waals surface area contributed by atoms with Gasteiger partial charge in [0.25, 0.3) is 0 Å². The minimum Gasteiger partial charge on any atom is -0.392 e. The summed E-state index contributed by atoms with van der Waals surface area (Å²) in [5.74, 6) is 0. The lowest BCUT2D eigenvalue weighted by molar-refractivity contribution is 0.104. The highest BCUT2D eigenvalue weighted by molar-refractivity contribution is 4.74. The molecule has 0 aliphatic rings. The molecular weight excluding hydrogens is 164 g/mol. The first kappa shape index (κ1) is 12.9. The van der Waals surface area contributed by atoms with E-state index in [2.05, 4.69) is 25.7 Å². The summed E-state index contributed by atoms with van der Waals surface area (Å²) < 4.78 is 0. The molecule has 0 fully saturated rings. The van der Waals surface area contributed by atoms with Crippen LogP contribution in [0.2, 0.25) is 0 Å². The third-order valence-corrected chi connectivity index (χ3v) is 2.17. The number of hydrogen-bond donors (Lipinski definition) is 2. The Balaban J connectivity index is 3.97. The van der Waals surface area contributed by atoms with Crippen LogP contribution in [0.4, 0.5) is 0 Å². The largest absolute Gasteiger partial charge is 0.392 e. The Labute approximate surface area is 81.9 Å². The predicted molar refractivity (Wildman–Crippen MR) is 56.6 cm³/mol. The monoisotopic (exact) mass is 188 g/mol. The quantitative estimate of drug-likeness (QED) is 0.644. The van der Waals surface area contributed by atoms with E-state index in [1.165, 1.54) is 0 Å². The maximum atomic E-state index is 9.25. The average molecular weight is 188 g/mol. The SMILES string of the molecule is CCN(C[C@@H](C)O)CC(C)(C)CN. The van der Waals surface area contributed by atoms with E-state index >= 15 is 0 Å². The maximum absolute atomic E-state index is 9.25. The van der Waals surface area contributed by atoms with Gasteiger partial charge in [0, 0.05) is 13.1 Å². The molecule has 0 aliphatic carbocycles. The Kier molecular flexibility index (Phi) is 5.53. The second kappa shape index (κ2) is 5.58. The highest BCUT2D eigenvalue weighted by atomic mass is 16.3. The summed E-state index contributed by atoms with van der Waals surface area (Å²) in [6, 6.07) is 0. The van der Waals surface area contributed by atoms with E-state index in [1.807, 2.05) is 6.92 Å². The van der Waals surface area contributed by atoms with Crippen molar-refractivity contribution < 1.29 is 5.11 Å². The molecule has 0 heterocycles. The Bertz CT molecular complexity index is 135. The molecule has 13 heavy (non-hydrogen) atoms. The number of nitrogens with zero attached hydrogens (tertiary/aromatic N) is 1. The third kappa shape index (κ3) is 6.02. The zero-order chi connectivity index (χ0) is 10.5. The van der Waals surface area contributed by atoms with Crippen LogP contribution in [-0.4, -0.2) is 42.3 Å². The molecule has 0 rings (SSSR count). The summed E-state index contributed by atoms with van der Waals surface area (Å²) in [7, 11) is 0. The van der Waals surface area contributed by atoms with E-state index in [0.29, 0.717) is 6.54 Å². The van der Waals surface area contributed by atoms with Crippen molar-refractivity contribution >= 4 is 0 Å². The van der Waals surface area contributed by atoms with Gasteiger partial charge in [0.2, 0.25) is 0 Å². The summed E-state index contributed by atoms with van der Waals surface area (Å²) >= 11 is 0. The number of aliphatic hydroxyl groups is 1. The molecule has 0 bridgehead atoms. The first-order valence-corrected chi connectivity index (χ1v) is 5.01. The van der Waals surface area contributed by atoms with E-state index < -0.39 is 0 Å². The standard InChI is InChI=1S/C10H24N2O/c1-5-12(6-9(2)13)8-10(3,4)7-11/h9,13H,5-8,11H2,1-4H3/t9-/m1/s1. The van der Waals surface area contributed by atoms with Crippen molar-refractivity contribution in [3.05, 3.63) is 0 Å². The fraction of sp³-hybridized carbons (Fsp3) is 1.00. The highest BCUT2D eigenvalue weighted by Gasteiger charge is 2.19. The molecule has 80 valence electrons. The zero-order valence-corrected chi connectivity index (χ0v) is 9.38. The Hall–Kier alpha value is -0.120. The van der Waals surface area contributed by atoms with Crippen LogP contribution in [0.1, 0.15) is 27.7 Å². The van der Waals surface area contributed by atoms with Gasteiger partial charge in [0.15, 0.2) is 0 Å². The molecule has 3 nitrogen and oxygen atoms in total. The lowest BCUT2D eigenvalue weighted by Crippen LogP contribution is -2.41. The van der Waals surface area contributed by atoms with Crippen LogP contribution in [0.3, 0.4) is 0 Å². The molecule has 0 aromatic heterocycles. The molecule has 0 aromatic carbocycles. The first-order chi connectivity index (χ1) is 5.91. The van der Waals surface area contributed by atoms with Crippen molar-refractivity contribution in [2.24, 2.45) is 11.1 Å². The number of hydrogen-bond acceptors (Lipinski definition) is 3. The van der Waals surface area contributed by atoms with E-state index in [4.69, 9.17) is 5.73 Å². The van der Waals surface area contributed by atoms with Crippen LogP contribution in [0.5, 0.6) is 0 Å². The second-order valence-electron chi connectivity index (χ2n) is 4.55. The van der Waals surface area contributed by atoms with Gasteiger partial charge in [-0.3, -0.25) is 0 Å². The average Bonchev–Trinajstić information content (AvgIpc) is 2.02. The molecule has 0 aliphatic heterocycles. The highest BCUT2D eigenvalue weighted by Crippen LogP contribution is 2.14. The van der Waals surface area contributed by atoms with E-state index in [0.717, 1.165) is 19.6 Å².